The molecule has 2 N–H and O–H groups in total. The number of nitrogen functional groups attached to an aromatic ring is 1. The number of hydrogen-bond donors (Lipinski definition) is 1. The zero-order valence-corrected chi connectivity index (χ0v) is 23.1. The van der Waals surface area contributed by atoms with Gasteiger partial charge in [0.15, 0.2) is 0 Å². The Balaban J connectivity index is 1.38. The predicted octanol–water partition coefficient (Wildman–Crippen LogP) is 5.12. The number of hydrogen-bond acceptors (Lipinski definition) is 8. The smallest absolute Gasteiger partial charge is 0.280 e. The van der Waals surface area contributed by atoms with Gasteiger partial charge in [-0.1, -0.05) is 12.1 Å². The third kappa shape index (κ3) is 6.85. The van der Waals surface area contributed by atoms with Crippen LogP contribution in [0.1, 0.15) is 23.4 Å². The van der Waals surface area contributed by atoms with Crippen molar-refractivity contribution >= 4 is 17.9 Å². The highest BCUT2D eigenvalue weighted by atomic mass is 19.3. The Morgan fingerprint density at radius 2 is 1.67 bits per heavy atom. The maximum atomic E-state index is 13.7. The largest absolute Gasteiger partial charge is 0.477 e. The van der Waals surface area contributed by atoms with E-state index in [0.29, 0.717) is 41.0 Å². The summed E-state index contributed by atoms with van der Waals surface area (Å²) in [5.41, 5.74) is 9.83. The molecule has 1 aliphatic heterocycles. The molecule has 0 radical (unpaired) electrons. The summed E-state index contributed by atoms with van der Waals surface area (Å²) >= 11 is 0. The Hall–Kier alpha value is -4.51. The van der Waals surface area contributed by atoms with E-state index in [9.17, 15) is 18.0 Å². The van der Waals surface area contributed by atoms with Gasteiger partial charge in [0.1, 0.15) is 17.8 Å². The summed E-state index contributed by atoms with van der Waals surface area (Å²) in [7, 11) is 0. The van der Waals surface area contributed by atoms with Crippen molar-refractivity contribution in [2.75, 3.05) is 50.0 Å². The quantitative estimate of drug-likeness (QED) is 0.260. The van der Waals surface area contributed by atoms with Crippen LogP contribution in [0.25, 0.3) is 22.4 Å². The number of rotatable bonds is 10. The highest BCUT2D eigenvalue weighted by Crippen LogP contribution is 2.39. The fourth-order valence-electron chi connectivity index (χ4n) is 5.02. The monoisotopic (exact) mass is 576 g/mol. The van der Waals surface area contributed by atoms with E-state index in [1.807, 2.05) is 12.1 Å². The lowest BCUT2D eigenvalue weighted by Crippen LogP contribution is -2.46. The van der Waals surface area contributed by atoms with Gasteiger partial charge in [-0.05, 0) is 66.6 Å². The maximum absolute atomic E-state index is 13.7. The number of anilines is 2. The summed E-state index contributed by atoms with van der Waals surface area (Å²) in [5, 5.41) is 0. The summed E-state index contributed by atoms with van der Waals surface area (Å²) in [6.07, 6.45) is -1.28. The molecule has 2 aromatic heterocycles. The van der Waals surface area contributed by atoms with Crippen LogP contribution in [0.4, 0.5) is 24.8 Å². The van der Waals surface area contributed by atoms with Crippen molar-refractivity contribution in [1.29, 1.82) is 0 Å². The Kier molecular flexibility index (Phi) is 8.97. The molecule has 2 aromatic carbocycles. The zero-order chi connectivity index (χ0) is 29.6. The molecular formula is C31H31F3N6O2. The third-order valence-corrected chi connectivity index (χ3v) is 7.13. The number of carbonyl (C=O) groups is 1. The summed E-state index contributed by atoms with van der Waals surface area (Å²) in [4.78, 5) is 27.8. The van der Waals surface area contributed by atoms with Gasteiger partial charge in [-0.25, -0.2) is 18.2 Å². The molecule has 11 heteroatoms. The van der Waals surface area contributed by atoms with Gasteiger partial charge < -0.3 is 20.2 Å². The number of aryl methyl sites for hydroxylation is 1. The third-order valence-electron chi connectivity index (χ3n) is 7.13. The van der Waals surface area contributed by atoms with Crippen molar-refractivity contribution < 1.29 is 22.7 Å². The minimum atomic E-state index is -2.78. The van der Waals surface area contributed by atoms with Crippen molar-refractivity contribution in [3.8, 4) is 28.3 Å². The topological polar surface area (TPSA) is 97.5 Å². The number of ether oxygens (including phenoxy) is 1. The molecule has 0 amide bonds. The number of nitrogens with zero attached hydrogens (tertiary/aromatic N) is 5. The zero-order valence-electron chi connectivity index (χ0n) is 23.1. The van der Waals surface area contributed by atoms with Crippen LogP contribution >= 0.6 is 0 Å². The lowest BCUT2D eigenvalue weighted by Gasteiger charge is -2.35. The molecule has 0 aliphatic carbocycles. The molecule has 8 nitrogen and oxygen atoms in total. The second kappa shape index (κ2) is 13.0. The Bertz CT molecular complexity index is 1530. The van der Waals surface area contributed by atoms with Gasteiger partial charge in [0, 0.05) is 49.5 Å². The van der Waals surface area contributed by atoms with Gasteiger partial charge in [0.2, 0.25) is 11.8 Å². The van der Waals surface area contributed by atoms with Gasteiger partial charge in [-0.2, -0.15) is 4.98 Å². The summed E-state index contributed by atoms with van der Waals surface area (Å²) in [6, 6.07) is 16.8. The Morgan fingerprint density at radius 3 is 2.33 bits per heavy atom. The highest BCUT2D eigenvalue weighted by Gasteiger charge is 2.22. The normalized spacial score (nSPS) is 13.9. The van der Waals surface area contributed by atoms with Crippen molar-refractivity contribution in [3.63, 3.8) is 0 Å². The Morgan fingerprint density at radius 1 is 0.952 bits per heavy atom. The first-order valence-electron chi connectivity index (χ1n) is 13.6. The van der Waals surface area contributed by atoms with E-state index < -0.39 is 12.2 Å². The van der Waals surface area contributed by atoms with E-state index in [1.165, 1.54) is 30.3 Å². The number of halogens is 3. The second-order valence-electron chi connectivity index (χ2n) is 10.1. The number of pyridine rings is 1. The van der Waals surface area contributed by atoms with Gasteiger partial charge in [-0.3, -0.25) is 9.88 Å². The molecule has 0 unspecified atom stereocenters. The SMILES string of the molecule is Cc1cc(-c2c(OCCc3ccc(N4CCN(CC=O)CC4)cc3)nc(N)nc2-c2ccc(F)cc2)cc(C(F)F)n1. The number of aromatic nitrogens is 3. The fourth-order valence-corrected chi connectivity index (χ4v) is 5.02. The molecule has 3 heterocycles. The number of aldehydes is 1. The summed E-state index contributed by atoms with van der Waals surface area (Å²) in [6.45, 7) is 5.72. The van der Waals surface area contributed by atoms with Crippen molar-refractivity contribution in [2.45, 2.75) is 19.8 Å². The van der Waals surface area contributed by atoms with E-state index in [0.717, 1.165) is 43.7 Å². The van der Waals surface area contributed by atoms with Crippen LogP contribution in [-0.4, -0.2) is 65.5 Å². The van der Waals surface area contributed by atoms with Crippen molar-refractivity contribution in [2.24, 2.45) is 0 Å². The number of piperazine rings is 1. The van der Waals surface area contributed by atoms with Crippen LogP contribution in [0.5, 0.6) is 5.88 Å². The average Bonchev–Trinajstić information content (AvgIpc) is 2.98. The predicted molar refractivity (Wildman–Crippen MR) is 155 cm³/mol. The molecule has 0 atom stereocenters. The van der Waals surface area contributed by atoms with Gasteiger partial charge in [0.05, 0.1) is 24.4 Å². The van der Waals surface area contributed by atoms with E-state index in [4.69, 9.17) is 10.5 Å². The molecule has 42 heavy (non-hydrogen) atoms. The molecule has 0 saturated carbocycles. The standard InChI is InChI=1S/C31H31F3N6O2/c1-20-18-23(19-26(36-20)29(33)34)27-28(22-4-6-24(32)7-5-22)37-31(35)38-30(27)42-17-10-21-2-8-25(9-3-21)40-13-11-39(12-14-40)15-16-41/h2-9,16,18-19,29H,10-15,17H2,1H3,(H2,35,37,38). The van der Waals surface area contributed by atoms with E-state index >= 15 is 0 Å². The molecule has 0 bridgehead atoms. The first-order valence-corrected chi connectivity index (χ1v) is 13.6. The Labute approximate surface area is 242 Å². The summed E-state index contributed by atoms with van der Waals surface area (Å²) < 4.78 is 47.1. The molecule has 1 fully saturated rings. The molecule has 5 rings (SSSR count). The molecule has 218 valence electrons. The van der Waals surface area contributed by atoms with Crippen LogP contribution in [0.2, 0.25) is 0 Å². The number of benzene rings is 2. The van der Waals surface area contributed by atoms with Crippen molar-refractivity contribution in [3.05, 3.63) is 83.4 Å². The fraction of sp³-hybridized carbons (Fsp3) is 0.290. The van der Waals surface area contributed by atoms with Crippen LogP contribution in [0.15, 0.2) is 60.7 Å². The number of alkyl halides is 2. The lowest BCUT2D eigenvalue weighted by atomic mass is 9.99. The van der Waals surface area contributed by atoms with E-state index in [-0.39, 0.29) is 24.1 Å². The first-order chi connectivity index (χ1) is 20.3. The molecule has 1 saturated heterocycles. The van der Waals surface area contributed by atoms with E-state index in [1.54, 1.807) is 13.0 Å². The van der Waals surface area contributed by atoms with Crippen LogP contribution < -0.4 is 15.4 Å². The summed E-state index contributed by atoms with van der Waals surface area (Å²) in [5.74, 6) is -0.354. The molecule has 0 spiro atoms. The number of nitrogens with two attached hydrogens (primary N) is 1. The van der Waals surface area contributed by atoms with Crippen LogP contribution in [0.3, 0.4) is 0 Å². The minimum absolute atomic E-state index is 0.0643. The van der Waals surface area contributed by atoms with Gasteiger partial charge in [-0.15, -0.1) is 0 Å². The minimum Gasteiger partial charge on any atom is -0.477 e. The first kappa shape index (κ1) is 29.0. The molecular weight excluding hydrogens is 545 g/mol. The average molecular weight is 577 g/mol. The van der Waals surface area contributed by atoms with Crippen LogP contribution in [0, 0.1) is 12.7 Å². The van der Waals surface area contributed by atoms with Gasteiger partial charge >= 0.3 is 0 Å². The highest BCUT2D eigenvalue weighted by molar-refractivity contribution is 5.85. The van der Waals surface area contributed by atoms with E-state index in [2.05, 4.69) is 36.9 Å². The number of carbonyl (C=O) groups excluding carboxylic acids is 1. The maximum Gasteiger partial charge on any atom is 0.280 e. The van der Waals surface area contributed by atoms with Crippen molar-refractivity contribution in [1.82, 2.24) is 19.9 Å². The molecule has 1 aliphatic rings. The molecule has 4 aromatic rings. The lowest BCUT2D eigenvalue weighted by molar-refractivity contribution is -0.108. The van der Waals surface area contributed by atoms with Crippen LogP contribution in [-0.2, 0) is 11.2 Å². The second-order valence-corrected chi connectivity index (χ2v) is 10.1. The van der Waals surface area contributed by atoms with Gasteiger partial charge in [0.25, 0.3) is 6.43 Å².